The maximum Gasteiger partial charge on any atom is 0.256 e. The SMILES string of the molecule is CC(O)(c1cn(C(c2ccccc2)(c2ccccc2)c2ccccc2)cn1)c1cccc2c1CC(F)(F)C2. The summed E-state index contributed by atoms with van der Waals surface area (Å²) in [6, 6.07) is 35.7. The summed E-state index contributed by atoms with van der Waals surface area (Å²) in [6.45, 7) is 1.64. The van der Waals surface area contributed by atoms with Crippen molar-refractivity contribution in [2.45, 2.75) is 36.8 Å². The molecular weight excluding hydrogens is 478 g/mol. The predicted molar refractivity (Wildman–Crippen MR) is 144 cm³/mol. The van der Waals surface area contributed by atoms with Gasteiger partial charge in [0.05, 0.1) is 12.0 Å². The van der Waals surface area contributed by atoms with Crippen LogP contribution in [-0.4, -0.2) is 20.6 Å². The number of alkyl halides is 2. The summed E-state index contributed by atoms with van der Waals surface area (Å²) in [5.74, 6) is -2.81. The van der Waals surface area contributed by atoms with Gasteiger partial charge in [0.1, 0.15) is 11.1 Å². The first-order valence-electron chi connectivity index (χ1n) is 12.8. The van der Waals surface area contributed by atoms with Gasteiger partial charge in [-0.1, -0.05) is 109 Å². The fraction of sp³-hybridized carbons (Fsp3) is 0.182. The van der Waals surface area contributed by atoms with Crippen LogP contribution in [0.2, 0.25) is 0 Å². The maximum absolute atomic E-state index is 14.3. The molecule has 0 saturated heterocycles. The lowest BCUT2D eigenvalue weighted by atomic mass is 9.76. The Bertz CT molecular complexity index is 1460. The van der Waals surface area contributed by atoms with E-state index in [0.29, 0.717) is 22.4 Å². The van der Waals surface area contributed by atoms with Gasteiger partial charge in [-0.3, -0.25) is 0 Å². The maximum atomic E-state index is 14.3. The van der Waals surface area contributed by atoms with E-state index < -0.39 is 17.1 Å². The molecule has 1 N–H and O–H groups in total. The normalized spacial score (nSPS) is 16.1. The van der Waals surface area contributed by atoms with Crippen LogP contribution >= 0.6 is 0 Å². The summed E-state index contributed by atoms with van der Waals surface area (Å²) >= 11 is 0. The van der Waals surface area contributed by atoms with E-state index in [1.807, 2.05) is 65.4 Å². The second-order valence-corrected chi connectivity index (χ2v) is 10.2. The number of hydrogen-bond acceptors (Lipinski definition) is 2. The average Bonchev–Trinajstić information content (AvgIpc) is 3.55. The van der Waals surface area contributed by atoms with Gasteiger partial charge in [-0.15, -0.1) is 0 Å². The first-order valence-corrected chi connectivity index (χ1v) is 12.8. The number of nitrogens with zero attached hydrogens (tertiary/aromatic N) is 2. The molecular formula is C33H28F2N2O. The molecule has 190 valence electrons. The van der Waals surface area contributed by atoms with Crippen molar-refractivity contribution in [3.8, 4) is 0 Å². The van der Waals surface area contributed by atoms with Crippen molar-refractivity contribution in [3.05, 3.63) is 161 Å². The van der Waals surface area contributed by atoms with Crippen molar-refractivity contribution >= 4 is 0 Å². The highest BCUT2D eigenvalue weighted by Gasteiger charge is 2.43. The molecule has 1 aliphatic carbocycles. The molecule has 5 aromatic rings. The lowest BCUT2D eigenvalue weighted by molar-refractivity contribution is 0.0123. The highest BCUT2D eigenvalue weighted by molar-refractivity contribution is 5.52. The summed E-state index contributed by atoms with van der Waals surface area (Å²) < 4.78 is 30.7. The van der Waals surface area contributed by atoms with E-state index in [-0.39, 0.29) is 12.8 Å². The van der Waals surface area contributed by atoms with Gasteiger partial charge in [0.2, 0.25) is 0 Å². The number of fused-ring (bicyclic) bond motifs is 1. The highest BCUT2D eigenvalue weighted by atomic mass is 19.3. The van der Waals surface area contributed by atoms with Gasteiger partial charge in [0.25, 0.3) is 5.92 Å². The van der Waals surface area contributed by atoms with E-state index in [1.54, 1.807) is 31.5 Å². The van der Waals surface area contributed by atoms with Crippen molar-refractivity contribution in [2.75, 3.05) is 0 Å². The molecule has 5 heteroatoms. The van der Waals surface area contributed by atoms with E-state index in [2.05, 4.69) is 36.4 Å². The smallest absolute Gasteiger partial charge is 0.256 e. The average molecular weight is 507 g/mol. The predicted octanol–water partition coefficient (Wildman–Crippen LogP) is 6.71. The van der Waals surface area contributed by atoms with Gasteiger partial charge in [-0.05, 0) is 40.3 Å². The lowest BCUT2D eigenvalue weighted by Crippen LogP contribution is -2.37. The van der Waals surface area contributed by atoms with Gasteiger partial charge in [0, 0.05) is 19.0 Å². The quantitative estimate of drug-likeness (QED) is 0.260. The van der Waals surface area contributed by atoms with Crippen LogP contribution in [0.4, 0.5) is 8.78 Å². The summed E-state index contributed by atoms with van der Waals surface area (Å²) in [7, 11) is 0. The standard InChI is InChI=1S/C33H28F2N2O/c1-31(38,29-19-11-12-24-20-32(34,35)21-28(24)29)30-22-37(23-36-30)33(25-13-5-2-6-14-25,26-15-7-3-8-16-26)27-17-9-4-10-18-27/h2-19,22-23,38H,20-21H2,1H3. The van der Waals surface area contributed by atoms with E-state index in [1.165, 1.54) is 0 Å². The number of benzene rings is 4. The molecule has 1 atom stereocenters. The Balaban J connectivity index is 1.56. The van der Waals surface area contributed by atoms with E-state index in [4.69, 9.17) is 4.98 Å². The van der Waals surface area contributed by atoms with E-state index in [9.17, 15) is 13.9 Å². The summed E-state index contributed by atoms with van der Waals surface area (Å²) in [5.41, 5.74) is 2.71. The molecule has 1 aliphatic rings. The van der Waals surface area contributed by atoms with E-state index >= 15 is 0 Å². The molecule has 0 bridgehead atoms. The largest absolute Gasteiger partial charge is 0.379 e. The van der Waals surface area contributed by atoms with Crippen LogP contribution in [0.1, 0.15) is 46.0 Å². The highest BCUT2D eigenvalue weighted by Crippen LogP contribution is 2.44. The fourth-order valence-corrected chi connectivity index (χ4v) is 5.95. The zero-order valence-corrected chi connectivity index (χ0v) is 21.1. The van der Waals surface area contributed by atoms with Crippen molar-refractivity contribution in [2.24, 2.45) is 0 Å². The number of hydrogen-bond donors (Lipinski definition) is 1. The molecule has 0 fully saturated rings. The first kappa shape index (κ1) is 24.3. The van der Waals surface area contributed by atoms with Crippen molar-refractivity contribution < 1.29 is 13.9 Å². The minimum absolute atomic E-state index is 0.306. The van der Waals surface area contributed by atoms with Crippen molar-refractivity contribution in [1.29, 1.82) is 0 Å². The number of halogens is 2. The zero-order chi connectivity index (χ0) is 26.4. The lowest BCUT2D eigenvalue weighted by Gasteiger charge is -2.37. The third-order valence-electron chi connectivity index (χ3n) is 7.73. The number of aliphatic hydroxyl groups is 1. The monoisotopic (exact) mass is 506 g/mol. The Morgan fingerprint density at radius 2 is 1.26 bits per heavy atom. The molecule has 0 radical (unpaired) electrons. The van der Waals surface area contributed by atoms with Crippen LogP contribution in [0.3, 0.4) is 0 Å². The van der Waals surface area contributed by atoms with Crippen molar-refractivity contribution in [1.82, 2.24) is 9.55 Å². The minimum atomic E-state index is -2.81. The molecule has 1 unspecified atom stereocenters. The summed E-state index contributed by atoms with van der Waals surface area (Å²) in [6.07, 6.45) is 2.89. The molecule has 0 aliphatic heterocycles. The van der Waals surface area contributed by atoms with Gasteiger partial charge >= 0.3 is 0 Å². The third-order valence-corrected chi connectivity index (χ3v) is 7.73. The first-order chi connectivity index (χ1) is 18.3. The Morgan fingerprint density at radius 3 is 1.79 bits per heavy atom. The summed E-state index contributed by atoms with van der Waals surface area (Å²) in [5, 5.41) is 11.9. The van der Waals surface area contributed by atoms with Crippen LogP contribution in [0.5, 0.6) is 0 Å². The second kappa shape index (κ2) is 9.03. The molecule has 3 nitrogen and oxygen atoms in total. The molecule has 1 heterocycles. The molecule has 0 amide bonds. The zero-order valence-electron chi connectivity index (χ0n) is 21.1. The third kappa shape index (κ3) is 3.86. The Morgan fingerprint density at radius 1 is 0.737 bits per heavy atom. The van der Waals surface area contributed by atoms with Gasteiger partial charge in [0.15, 0.2) is 0 Å². The molecule has 6 rings (SSSR count). The Hall–Kier alpha value is -4.09. The Labute approximate surface area is 221 Å². The van der Waals surface area contributed by atoms with Crippen LogP contribution in [0, 0.1) is 0 Å². The van der Waals surface area contributed by atoms with Crippen LogP contribution in [-0.2, 0) is 24.0 Å². The van der Waals surface area contributed by atoms with Gasteiger partial charge in [-0.2, -0.15) is 0 Å². The summed E-state index contributed by atoms with van der Waals surface area (Å²) in [4.78, 5) is 4.69. The van der Waals surface area contributed by atoms with Crippen LogP contribution in [0.15, 0.2) is 122 Å². The molecule has 38 heavy (non-hydrogen) atoms. The number of rotatable bonds is 6. The van der Waals surface area contributed by atoms with Crippen LogP contribution < -0.4 is 0 Å². The topological polar surface area (TPSA) is 38.0 Å². The minimum Gasteiger partial charge on any atom is -0.379 e. The van der Waals surface area contributed by atoms with Gasteiger partial charge < -0.3 is 9.67 Å². The van der Waals surface area contributed by atoms with Crippen molar-refractivity contribution in [3.63, 3.8) is 0 Å². The fourth-order valence-electron chi connectivity index (χ4n) is 5.95. The van der Waals surface area contributed by atoms with Crippen LogP contribution in [0.25, 0.3) is 0 Å². The molecule has 0 saturated carbocycles. The molecule has 1 aromatic heterocycles. The number of imidazole rings is 1. The second-order valence-electron chi connectivity index (χ2n) is 10.2. The van der Waals surface area contributed by atoms with Gasteiger partial charge in [-0.25, -0.2) is 13.8 Å². The van der Waals surface area contributed by atoms with E-state index in [0.717, 1.165) is 16.7 Å². The molecule has 4 aromatic carbocycles. The molecule has 0 spiro atoms. The number of aromatic nitrogens is 2. The Kier molecular flexibility index (Phi) is 5.77.